The molecule has 1 fully saturated rings. The van der Waals surface area contributed by atoms with Crippen LogP contribution in [-0.2, 0) is 11.3 Å². The molecule has 1 unspecified atom stereocenters. The van der Waals surface area contributed by atoms with Gasteiger partial charge in [0.25, 0.3) is 0 Å². The van der Waals surface area contributed by atoms with Gasteiger partial charge in [-0.2, -0.15) is 0 Å². The fourth-order valence-corrected chi connectivity index (χ4v) is 3.06. The van der Waals surface area contributed by atoms with Crippen molar-refractivity contribution in [2.45, 2.75) is 59.2 Å². The minimum absolute atomic E-state index is 0. The number of likely N-dealkylation sites (tertiary alicyclic amines) is 1. The predicted molar refractivity (Wildman–Crippen MR) is 127 cm³/mol. The predicted octanol–water partition coefficient (Wildman–Crippen LogP) is 3.77. The highest BCUT2D eigenvalue weighted by molar-refractivity contribution is 14.0. The van der Waals surface area contributed by atoms with Crippen molar-refractivity contribution in [2.75, 3.05) is 26.2 Å². The third-order valence-electron chi connectivity index (χ3n) is 4.22. The van der Waals surface area contributed by atoms with E-state index in [2.05, 4.69) is 22.5 Å². The van der Waals surface area contributed by atoms with Crippen LogP contribution in [-0.4, -0.2) is 54.8 Å². The lowest BCUT2D eigenvalue weighted by molar-refractivity contribution is 0.0507. The van der Waals surface area contributed by atoms with Crippen molar-refractivity contribution in [3.05, 3.63) is 29.8 Å². The molecule has 0 radical (unpaired) electrons. The number of guanidine groups is 1. The van der Waals surface area contributed by atoms with Crippen LogP contribution in [0.2, 0.25) is 0 Å². The maximum absolute atomic E-state index is 12.0. The number of nitrogens with one attached hydrogen (secondary N) is 2. The quantitative estimate of drug-likeness (QED) is 0.341. The lowest BCUT2D eigenvalue weighted by Crippen LogP contribution is -2.44. The van der Waals surface area contributed by atoms with Gasteiger partial charge in [-0.25, -0.2) is 9.79 Å². The Balaban J connectivity index is 0.00000420. The van der Waals surface area contributed by atoms with Gasteiger partial charge in [0.15, 0.2) is 5.96 Å². The van der Waals surface area contributed by atoms with Crippen molar-refractivity contribution in [3.8, 4) is 5.75 Å². The highest BCUT2D eigenvalue weighted by Crippen LogP contribution is 2.19. The molecule has 0 spiro atoms. The molecular formula is C21H35IN4O3. The zero-order valence-corrected chi connectivity index (χ0v) is 20.5. The summed E-state index contributed by atoms with van der Waals surface area (Å²) in [6.07, 6.45) is 0.492. The van der Waals surface area contributed by atoms with Gasteiger partial charge in [-0.1, -0.05) is 18.2 Å². The van der Waals surface area contributed by atoms with Crippen LogP contribution < -0.4 is 15.4 Å². The first-order valence-corrected chi connectivity index (χ1v) is 10.1. The van der Waals surface area contributed by atoms with E-state index < -0.39 is 5.60 Å². The van der Waals surface area contributed by atoms with Gasteiger partial charge in [0.1, 0.15) is 11.4 Å². The zero-order chi connectivity index (χ0) is 20.6. The first-order valence-electron chi connectivity index (χ1n) is 10.1. The average molecular weight is 518 g/mol. The lowest BCUT2D eigenvalue weighted by Gasteiger charge is -2.23. The molecule has 0 aliphatic carbocycles. The minimum atomic E-state index is -0.493. The van der Waals surface area contributed by atoms with Crippen molar-refractivity contribution in [1.82, 2.24) is 15.5 Å². The summed E-state index contributed by atoms with van der Waals surface area (Å²) in [4.78, 5) is 19.0. The molecule has 8 heteroatoms. The Morgan fingerprint density at radius 2 is 2.00 bits per heavy atom. The molecule has 1 amide bonds. The second-order valence-corrected chi connectivity index (χ2v) is 7.79. The monoisotopic (exact) mass is 518 g/mol. The number of rotatable bonds is 6. The molecule has 1 aliphatic heterocycles. The van der Waals surface area contributed by atoms with E-state index in [1.807, 2.05) is 52.0 Å². The molecular weight excluding hydrogens is 483 g/mol. The number of hydrogen-bond donors (Lipinski definition) is 2. The van der Waals surface area contributed by atoms with Gasteiger partial charge in [-0.3, -0.25) is 0 Å². The number of amides is 1. The number of ether oxygens (including phenoxy) is 2. The van der Waals surface area contributed by atoms with Crippen LogP contribution in [0.15, 0.2) is 29.3 Å². The summed E-state index contributed by atoms with van der Waals surface area (Å²) in [5.74, 6) is 1.72. The largest absolute Gasteiger partial charge is 0.494 e. The molecule has 29 heavy (non-hydrogen) atoms. The molecule has 2 rings (SSSR count). The summed E-state index contributed by atoms with van der Waals surface area (Å²) in [5.41, 5.74) is 0.564. The molecule has 1 heterocycles. The molecule has 0 saturated carbocycles. The van der Waals surface area contributed by atoms with E-state index in [4.69, 9.17) is 14.5 Å². The fourth-order valence-electron chi connectivity index (χ4n) is 3.06. The summed E-state index contributed by atoms with van der Waals surface area (Å²) >= 11 is 0. The number of aliphatic imine (C=N–C) groups is 1. The molecule has 2 N–H and O–H groups in total. The summed E-state index contributed by atoms with van der Waals surface area (Å²) in [5, 5.41) is 6.31. The van der Waals surface area contributed by atoms with Gasteiger partial charge in [0, 0.05) is 25.2 Å². The Morgan fingerprint density at radius 3 is 2.66 bits per heavy atom. The fraction of sp³-hybridized carbons (Fsp3) is 0.619. The standard InChI is InChI=1S/C21H34N4O3.HI/c1-6-22-19(23-14-16-10-8-9-11-18(16)27-7-2)25-13-12-17(15-25)24-20(26)28-21(3,4)5;/h8-11,17H,6-7,12-15H2,1-5H3,(H,22,23)(H,24,26);1H. The van der Waals surface area contributed by atoms with Gasteiger partial charge in [-0.05, 0) is 47.1 Å². The van der Waals surface area contributed by atoms with Crippen molar-refractivity contribution in [1.29, 1.82) is 0 Å². The van der Waals surface area contributed by atoms with E-state index >= 15 is 0 Å². The Morgan fingerprint density at radius 1 is 1.28 bits per heavy atom. The molecule has 1 atom stereocenters. The Kier molecular flexibility index (Phi) is 10.6. The van der Waals surface area contributed by atoms with Gasteiger partial charge in [0.2, 0.25) is 0 Å². The number of benzene rings is 1. The van der Waals surface area contributed by atoms with Crippen molar-refractivity contribution >= 4 is 36.0 Å². The topological polar surface area (TPSA) is 75.2 Å². The Hall–Kier alpha value is -1.71. The molecule has 7 nitrogen and oxygen atoms in total. The third kappa shape index (κ3) is 8.67. The van der Waals surface area contributed by atoms with E-state index in [0.717, 1.165) is 36.8 Å². The number of alkyl carbamates (subject to hydrolysis) is 1. The summed E-state index contributed by atoms with van der Waals surface area (Å²) < 4.78 is 11.0. The minimum Gasteiger partial charge on any atom is -0.494 e. The van der Waals surface area contributed by atoms with Crippen LogP contribution >= 0.6 is 24.0 Å². The first kappa shape index (κ1) is 25.3. The maximum Gasteiger partial charge on any atom is 0.407 e. The number of nitrogens with zero attached hydrogens (tertiary/aromatic N) is 2. The molecule has 164 valence electrons. The van der Waals surface area contributed by atoms with Crippen LogP contribution in [0.5, 0.6) is 5.75 Å². The smallest absolute Gasteiger partial charge is 0.407 e. The van der Waals surface area contributed by atoms with Gasteiger partial charge in [0.05, 0.1) is 19.2 Å². The Labute approximate surface area is 191 Å². The number of para-hydroxylation sites is 1. The van der Waals surface area contributed by atoms with Crippen molar-refractivity contribution < 1.29 is 14.3 Å². The third-order valence-corrected chi connectivity index (χ3v) is 4.22. The second kappa shape index (κ2) is 12.1. The number of carbonyl (C=O) groups is 1. The van der Waals surface area contributed by atoms with E-state index in [1.54, 1.807) is 0 Å². The SMILES string of the molecule is CCNC(=NCc1ccccc1OCC)N1CCC(NC(=O)OC(C)(C)C)C1.I. The van der Waals surface area contributed by atoms with Gasteiger partial charge >= 0.3 is 6.09 Å². The summed E-state index contributed by atoms with van der Waals surface area (Å²) in [7, 11) is 0. The highest BCUT2D eigenvalue weighted by Gasteiger charge is 2.27. The molecule has 0 aromatic heterocycles. The van der Waals surface area contributed by atoms with Crippen molar-refractivity contribution in [2.24, 2.45) is 4.99 Å². The van der Waals surface area contributed by atoms with E-state index in [1.165, 1.54) is 0 Å². The van der Waals surface area contributed by atoms with Gasteiger partial charge < -0.3 is 25.0 Å². The maximum atomic E-state index is 12.0. The molecule has 1 aliphatic rings. The van der Waals surface area contributed by atoms with E-state index in [9.17, 15) is 4.79 Å². The van der Waals surface area contributed by atoms with Crippen molar-refractivity contribution in [3.63, 3.8) is 0 Å². The normalized spacial score (nSPS) is 16.8. The van der Waals surface area contributed by atoms with Crippen LogP contribution in [0, 0.1) is 0 Å². The number of hydrogen-bond acceptors (Lipinski definition) is 4. The zero-order valence-electron chi connectivity index (χ0n) is 18.2. The molecule has 1 saturated heterocycles. The average Bonchev–Trinajstić information content (AvgIpc) is 3.06. The first-order chi connectivity index (χ1) is 13.3. The Bertz CT molecular complexity index is 676. The van der Waals surface area contributed by atoms with Crippen LogP contribution in [0.3, 0.4) is 0 Å². The second-order valence-electron chi connectivity index (χ2n) is 7.79. The number of carbonyl (C=O) groups excluding carboxylic acids is 1. The number of halogens is 1. The van der Waals surface area contributed by atoms with Crippen LogP contribution in [0.1, 0.15) is 46.6 Å². The molecule has 1 aromatic rings. The van der Waals surface area contributed by atoms with Crippen LogP contribution in [0.4, 0.5) is 4.79 Å². The van der Waals surface area contributed by atoms with E-state index in [-0.39, 0.29) is 36.1 Å². The highest BCUT2D eigenvalue weighted by atomic mass is 127. The summed E-state index contributed by atoms with van der Waals surface area (Å²) in [6, 6.07) is 8.02. The van der Waals surface area contributed by atoms with E-state index in [0.29, 0.717) is 19.7 Å². The summed E-state index contributed by atoms with van der Waals surface area (Å²) in [6.45, 7) is 13.1. The van der Waals surface area contributed by atoms with Gasteiger partial charge in [-0.15, -0.1) is 24.0 Å². The molecule has 0 bridgehead atoms. The lowest BCUT2D eigenvalue weighted by atomic mass is 10.2. The molecule has 1 aromatic carbocycles. The van der Waals surface area contributed by atoms with Crippen LogP contribution in [0.25, 0.3) is 0 Å².